The second kappa shape index (κ2) is 7.79. The summed E-state index contributed by atoms with van der Waals surface area (Å²) in [6.07, 6.45) is 0. The standard InChI is InChI=1S/C19H24N2O2/c1-13(2)19(23)21-17-9-4-14(3)18(10-17)20-11-15-5-7-16(12-22)8-6-15/h4-10,13,20,22H,11-12H2,1-3H3,(H,21,23). The molecule has 2 aromatic carbocycles. The molecule has 0 radical (unpaired) electrons. The summed E-state index contributed by atoms with van der Waals surface area (Å²) in [6, 6.07) is 13.7. The minimum absolute atomic E-state index is 0.0133. The Morgan fingerprint density at radius 2 is 1.74 bits per heavy atom. The molecule has 0 aliphatic carbocycles. The normalized spacial score (nSPS) is 10.7. The van der Waals surface area contributed by atoms with Gasteiger partial charge in [0.15, 0.2) is 0 Å². The smallest absolute Gasteiger partial charge is 0.226 e. The van der Waals surface area contributed by atoms with E-state index in [4.69, 9.17) is 5.11 Å². The minimum atomic E-state index is -0.0437. The van der Waals surface area contributed by atoms with Crippen LogP contribution in [0.5, 0.6) is 0 Å². The highest BCUT2D eigenvalue weighted by Crippen LogP contribution is 2.21. The molecule has 3 N–H and O–H groups in total. The van der Waals surface area contributed by atoms with Crippen LogP contribution in [0, 0.1) is 12.8 Å². The molecule has 0 atom stereocenters. The lowest BCUT2D eigenvalue weighted by molar-refractivity contribution is -0.118. The molecule has 4 heteroatoms. The van der Waals surface area contributed by atoms with Gasteiger partial charge in [-0.05, 0) is 35.7 Å². The molecule has 0 unspecified atom stereocenters. The number of anilines is 2. The summed E-state index contributed by atoms with van der Waals surface area (Å²) < 4.78 is 0. The van der Waals surface area contributed by atoms with Gasteiger partial charge in [-0.25, -0.2) is 0 Å². The third kappa shape index (κ3) is 4.83. The summed E-state index contributed by atoms with van der Waals surface area (Å²) in [5.41, 5.74) is 4.96. The monoisotopic (exact) mass is 312 g/mol. The Bertz CT molecular complexity index is 664. The zero-order valence-electron chi connectivity index (χ0n) is 13.9. The van der Waals surface area contributed by atoms with Gasteiger partial charge in [0, 0.05) is 23.8 Å². The molecular weight excluding hydrogens is 288 g/mol. The number of aliphatic hydroxyl groups is 1. The summed E-state index contributed by atoms with van der Waals surface area (Å²) in [4.78, 5) is 11.8. The lowest BCUT2D eigenvalue weighted by Gasteiger charge is -2.13. The van der Waals surface area contributed by atoms with Crippen molar-refractivity contribution in [3.8, 4) is 0 Å². The lowest BCUT2D eigenvalue weighted by atomic mass is 10.1. The molecule has 2 aromatic rings. The minimum Gasteiger partial charge on any atom is -0.392 e. The predicted octanol–water partition coefficient (Wildman–Crippen LogP) is 3.69. The summed E-state index contributed by atoms with van der Waals surface area (Å²) in [5.74, 6) is -0.0304. The molecule has 0 aromatic heterocycles. The van der Waals surface area contributed by atoms with Crippen LogP contribution in [0.15, 0.2) is 42.5 Å². The van der Waals surface area contributed by atoms with Crippen LogP contribution < -0.4 is 10.6 Å². The number of benzene rings is 2. The fourth-order valence-electron chi connectivity index (χ4n) is 2.14. The van der Waals surface area contributed by atoms with E-state index in [1.165, 1.54) is 0 Å². The maximum absolute atomic E-state index is 11.8. The molecule has 0 saturated carbocycles. The molecule has 1 amide bonds. The van der Waals surface area contributed by atoms with Crippen molar-refractivity contribution in [2.75, 3.05) is 10.6 Å². The first-order valence-electron chi connectivity index (χ1n) is 7.83. The van der Waals surface area contributed by atoms with Crippen molar-refractivity contribution in [3.05, 3.63) is 59.2 Å². The molecule has 0 fully saturated rings. The number of hydrogen-bond donors (Lipinski definition) is 3. The van der Waals surface area contributed by atoms with Crippen molar-refractivity contribution < 1.29 is 9.90 Å². The van der Waals surface area contributed by atoms with Gasteiger partial charge in [0.25, 0.3) is 0 Å². The zero-order valence-corrected chi connectivity index (χ0v) is 13.9. The number of carbonyl (C=O) groups excluding carboxylic acids is 1. The highest BCUT2D eigenvalue weighted by Gasteiger charge is 2.08. The fraction of sp³-hybridized carbons (Fsp3) is 0.316. The number of nitrogens with one attached hydrogen (secondary N) is 2. The summed E-state index contributed by atoms with van der Waals surface area (Å²) >= 11 is 0. The average Bonchev–Trinajstić information content (AvgIpc) is 2.55. The zero-order chi connectivity index (χ0) is 16.8. The van der Waals surface area contributed by atoms with Crippen molar-refractivity contribution >= 4 is 17.3 Å². The van der Waals surface area contributed by atoms with E-state index in [1.54, 1.807) is 0 Å². The maximum atomic E-state index is 11.8. The molecule has 0 spiro atoms. The average molecular weight is 312 g/mol. The summed E-state index contributed by atoms with van der Waals surface area (Å²) in [6.45, 7) is 6.53. The fourth-order valence-corrected chi connectivity index (χ4v) is 2.14. The third-order valence-corrected chi connectivity index (χ3v) is 3.72. The molecule has 0 aliphatic rings. The molecule has 0 bridgehead atoms. The Kier molecular flexibility index (Phi) is 5.77. The van der Waals surface area contributed by atoms with Gasteiger partial charge in [-0.15, -0.1) is 0 Å². The molecule has 0 saturated heterocycles. The Labute approximate surface area is 137 Å². The van der Waals surface area contributed by atoms with E-state index in [-0.39, 0.29) is 18.4 Å². The molecule has 122 valence electrons. The number of aliphatic hydroxyl groups excluding tert-OH is 1. The molecule has 23 heavy (non-hydrogen) atoms. The lowest BCUT2D eigenvalue weighted by Crippen LogP contribution is -2.17. The Morgan fingerprint density at radius 3 is 2.35 bits per heavy atom. The van der Waals surface area contributed by atoms with E-state index in [2.05, 4.69) is 10.6 Å². The molecular formula is C19H24N2O2. The Balaban J connectivity index is 2.04. The SMILES string of the molecule is Cc1ccc(NC(=O)C(C)C)cc1NCc1ccc(CO)cc1. The Morgan fingerprint density at radius 1 is 1.09 bits per heavy atom. The van der Waals surface area contributed by atoms with Crippen molar-refractivity contribution in [1.29, 1.82) is 0 Å². The van der Waals surface area contributed by atoms with Crippen LogP contribution in [-0.4, -0.2) is 11.0 Å². The Hall–Kier alpha value is -2.33. The van der Waals surface area contributed by atoms with Crippen molar-refractivity contribution in [1.82, 2.24) is 0 Å². The maximum Gasteiger partial charge on any atom is 0.226 e. The van der Waals surface area contributed by atoms with Gasteiger partial charge in [-0.3, -0.25) is 4.79 Å². The van der Waals surface area contributed by atoms with E-state index >= 15 is 0 Å². The van der Waals surface area contributed by atoms with E-state index in [9.17, 15) is 4.79 Å². The first-order valence-corrected chi connectivity index (χ1v) is 7.83. The number of aryl methyl sites for hydroxylation is 1. The van der Waals surface area contributed by atoms with Crippen LogP contribution >= 0.6 is 0 Å². The highest BCUT2D eigenvalue weighted by molar-refractivity contribution is 5.92. The summed E-state index contributed by atoms with van der Waals surface area (Å²) in [7, 11) is 0. The largest absolute Gasteiger partial charge is 0.392 e. The highest BCUT2D eigenvalue weighted by atomic mass is 16.3. The van der Waals surface area contributed by atoms with Crippen LogP contribution in [0.2, 0.25) is 0 Å². The first kappa shape index (κ1) is 17.0. The number of amides is 1. The quantitative estimate of drug-likeness (QED) is 0.762. The number of carbonyl (C=O) groups is 1. The predicted molar refractivity (Wildman–Crippen MR) is 94.3 cm³/mol. The topological polar surface area (TPSA) is 61.4 Å². The second-order valence-corrected chi connectivity index (χ2v) is 6.00. The van der Waals surface area contributed by atoms with Crippen LogP contribution in [0.3, 0.4) is 0 Å². The van der Waals surface area contributed by atoms with E-state index < -0.39 is 0 Å². The van der Waals surface area contributed by atoms with Gasteiger partial charge in [0.2, 0.25) is 5.91 Å². The molecule has 4 nitrogen and oxygen atoms in total. The third-order valence-electron chi connectivity index (χ3n) is 3.72. The van der Waals surface area contributed by atoms with Gasteiger partial charge in [0.05, 0.1) is 6.61 Å². The van der Waals surface area contributed by atoms with Crippen LogP contribution in [0.1, 0.15) is 30.5 Å². The van der Waals surface area contributed by atoms with Gasteiger partial charge < -0.3 is 15.7 Å². The first-order chi connectivity index (χ1) is 11.0. The van der Waals surface area contributed by atoms with Crippen LogP contribution in [-0.2, 0) is 17.9 Å². The van der Waals surface area contributed by atoms with Crippen molar-refractivity contribution in [3.63, 3.8) is 0 Å². The van der Waals surface area contributed by atoms with Crippen LogP contribution in [0.25, 0.3) is 0 Å². The number of rotatable bonds is 6. The van der Waals surface area contributed by atoms with Crippen molar-refractivity contribution in [2.45, 2.75) is 33.9 Å². The van der Waals surface area contributed by atoms with Gasteiger partial charge >= 0.3 is 0 Å². The van der Waals surface area contributed by atoms with E-state index in [1.807, 2.05) is 63.2 Å². The molecule has 0 aliphatic heterocycles. The molecule has 2 rings (SSSR count). The van der Waals surface area contributed by atoms with E-state index in [0.717, 1.165) is 28.1 Å². The van der Waals surface area contributed by atoms with Crippen molar-refractivity contribution in [2.24, 2.45) is 5.92 Å². The number of hydrogen-bond acceptors (Lipinski definition) is 3. The van der Waals surface area contributed by atoms with Gasteiger partial charge in [-0.1, -0.05) is 44.2 Å². The van der Waals surface area contributed by atoms with Gasteiger partial charge in [-0.2, -0.15) is 0 Å². The van der Waals surface area contributed by atoms with E-state index in [0.29, 0.717) is 6.54 Å². The van der Waals surface area contributed by atoms with Crippen LogP contribution in [0.4, 0.5) is 11.4 Å². The second-order valence-electron chi connectivity index (χ2n) is 6.00. The molecule has 0 heterocycles. The summed E-state index contributed by atoms with van der Waals surface area (Å²) in [5, 5.41) is 15.4. The van der Waals surface area contributed by atoms with Gasteiger partial charge in [0.1, 0.15) is 0 Å².